The molecule has 1 aromatic carbocycles. The Kier molecular flexibility index (Phi) is 4.12. The number of anilines is 1. The van der Waals surface area contributed by atoms with Gasteiger partial charge in [0.1, 0.15) is 0 Å². The van der Waals surface area contributed by atoms with Crippen molar-refractivity contribution in [2.75, 3.05) is 11.6 Å². The molecule has 1 aliphatic carbocycles. The van der Waals surface area contributed by atoms with E-state index in [4.69, 9.17) is 4.98 Å². The zero-order valence-corrected chi connectivity index (χ0v) is 16.8. The topological polar surface area (TPSA) is 70.9 Å². The van der Waals surface area contributed by atoms with Crippen LogP contribution >= 0.6 is 11.8 Å². The molecule has 5 rings (SSSR count). The minimum atomic E-state index is 0.303. The monoisotopic (exact) mass is 390 g/mol. The number of thioether (sulfide) groups is 1. The Hall–Kier alpha value is -2.80. The van der Waals surface area contributed by atoms with E-state index < -0.39 is 0 Å². The lowest BCUT2D eigenvalue weighted by molar-refractivity contribution is 0.597. The third kappa shape index (κ3) is 2.77. The second-order valence-electron chi connectivity index (χ2n) is 7.32. The van der Waals surface area contributed by atoms with Crippen LogP contribution in [0.15, 0.2) is 42.2 Å². The zero-order chi connectivity index (χ0) is 19.3. The minimum absolute atomic E-state index is 0.303. The summed E-state index contributed by atoms with van der Waals surface area (Å²) in [6.45, 7) is 6.03. The molecule has 0 fully saturated rings. The van der Waals surface area contributed by atoms with Crippen molar-refractivity contribution in [3.05, 3.63) is 53.9 Å². The van der Waals surface area contributed by atoms with Crippen LogP contribution in [0.1, 0.15) is 30.2 Å². The molecule has 3 heterocycles. The van der Waals surface area contributed by atoms with Crippen molar-refractivity contribution >= 4 is 39.8 Å². The number of fused-ring (bicyclic) bond motifs is 4. The predicted octanol–water partition coefficient (Wildman–Crippen LogP) is 4.33. The Bertz CT molecular complexity index is 1200. The first kappa shape index (κ1) is 17.3. The summed E-state index contributed by atoms with van der Waals surface area (Å²) in [6, 6.07) is 8.84. The van der Waals surface area contributed by atoms with E-state index in [0.717, 1.165) is 47.2 Å². The summed E-state index contributed by atoms with van der Waals surface area (Å²) >= 11 is 1.54. The van der Waals surface area contributed by atoms with E-state index in [1.807, 2.05) is 19.4 Å². The highest BCUT2D eigenvalue weighted by molar-refractivity contribution is 7.98. The molecular formula is C21H22N6S. The van der Waals surface area contributed by atoms with Gasteiger partial charge in [-0.3, -0.25) is 0 Å². The molecule has 1 aliphatic rings. The third-order valence-corrected chi connectivity index (χ3v) is 5.97. The average Bonchev–Trinajstić information content (AvgIpc) is 3.29. The molecule has 0 amide bonds. The Labute approximate surface area is 167 Å². The summed E-state index contributed by atoms with van der Waals surface area (Å²) in [5.74, 6) is 0.746. The summed E-state index contributed by atoms with van der Waals surface area (Å²) in [4.78, 5) is 12.9. The lowest BCUT2D eigenvalue weighted by atomic mass is 9.91. The number of benzene rings is 1. The second kappa shape index (κ2) is 6.67. The smallest absolute Gasteiger partial charge is 0.228 e. The first-order chi connectivity index (χ1) is 13.6. The van der Waals surface area contributed by atoms with Crippen molar-refractivity contribution in [3.8, 4) is 0 Å². The highest BCUT2D eigenvalue weighted by atomic mass is 32.2. The first-order valence-corrected chi connectivity index (χ1v) is 10.7. The van der Waals surface area contributed by atoms with Crippen LogP contribution in [0.4, 0.5) is 5.95 Å². The van der Waals surface area contributed by atoms with Crippen molar-refractivity contribution in [3.63, 3.8) is 0 Å². The van der Waals surface area contributed by atoms with Gasteiger partial charge in [-0.25, -0.2) is 4.98 Å². The van der Waals surface area contributed by atoms with E-state index in [1.165, 1.54) is 33.9 Å². The molecule has 142 valence electrons. The van der Waals surface area contributed by atoms with Crippen LogP contribution in [-0.2, 0) is 12.8 Å². The van der Waals surface area contributed by atoms with Crippen molar-refractivity contribution in [1.82, 2.24) is 24.6 Å². The predicted molar refractivity (Wildman–Crippen MR) is 115 cm³/mol. The largest absolute Gasteiger partial charge is 0.358 e. The van der Waals surface area contributed by atoms with Crippen molar-refractivity contribution in [1.29, 1.82) is 0 Å². The van der Waals surface area contributed by atoms with Crippen LogP contribution in [0.25, 0.3) is 22.1 Å². The van der Waals surface area contributed by atoms with Gasteiger partial charge in [-0.2, -0.15) is 14.6 Å². The molecule has 0 saturated heterocycles. The van der Waals surface area contributed by atoms with Crippen LogP contribution in [0.2, 0.25) is 0 Å². The number of aryl methyl sites for hydroxylation is 1. The molecule has 0 aliphatic heterocycles. The maximum absolute atomic E-state index is 4.70. The summed E-state index contributed by atoms with van der Waals surface area (Å²) in [7, 11) is 0. The molecule has 0 radical (unpaired) electrons. The summed E-state index contributed by atoms with van der Waals surface area (Å²) in [5, 5.41) is 10.2. The molecule has 0 spiro atoms. The summed E-state index contributed by atoms with van der Waals surface area (Å²) < 4.78 is 1.80. The van der Waals surface area contributed by atoms with Gasteiger partial charge in [-0.05, 0) is 49.6 Å². The highest BCUT2D eigenvalue weighted by Crippen LogP contribution is 2.30. The molecular weight excluding hydrogens is 368 g/mol. The van der Waals surface area contributed by atoms with Gasteiger partial charge in [-0.1, -0.05) is 36.5 Å². The molecule has 1 atom stereocenters. The van der Waals surface area contributed by atoms with Crippen molar-refractivity contribution < 1.29 is 0 Å². The number of aromatic nitrogens is 5. The fraction of sp³-hybridized carbons (Fsp3) is 0.286. The van der Waals surface area contributed by atoms with Gasteiger partial charge >= 0.3 is 0 Å². The van der Waals surface area contributed by atoms with E-state index >= 15 is 0 Å². The van der Waals surface area contributed by atoms with Crippen LogP contribution in [-0.4, -0.2) is 36.9 Å². The minimum Gasteiger partial charge on any atom is -0.358 e. The quantitative estimate of drug-likeness (QED) is 0.508. The van der Waals surface area contributed by atoms with Gasteiger partial charge in [0.25, 0.3) is 0 Å². The van der Waals surface area contributed by atoms with E-state index in [0.29, 0.717) is 6.04 Å². The number of hydrogen-bond donors (Lipinski definition) is 2. The normalized spacial score (nSPS) is 16.4. The molecule has 1 unspecified atom stereocenters. The van der Waals surface area contributed by atoms with Crippen LogP contribution in [0.5, 0.6) is 0 Å². The van der Waals surface area contributed by atoms with Crippen molar-refractivity contribution in [2.24, 2.45) is 0 Å². The summed E-state index contributed by atoms with van der Waals surface area (Å²) in [5.41, 5.74) is 6.72. The average molecular weight is 391 g/mol. The molecule has 0 bridgehead atoms. The van der Waals surface area contributed by atoms with E-state index in [-0.39, 0.29) is 0 Å². The number of nitrogens with zero attached hydrogens (tertiary/aromatic N) is 4. The van der Waals surface area contributed by atoms with Crippen LogP contribution < -0.4 is 5.32 Å². The maximum atomic E-state index is 4.70. The number of rotatable bonds is 4. The molecule has 4 aromatic rings. The summed E-state index contributed by atoms with van der Waals surface area (Å²) in [6.07, 6.45) is 6.86. The van der Waals surface area contributed by atoms with Gasteiger partial charge in [0.05, 0.1) is 6.20 Å². The van der Waals surface area contributed by atoms with Gasteiger partial charge in [0.15, 0.2) is 10.8 Å². The zero-order valence-electron chi connectivity index (χ0n) is 16.0. The van der Waals surface area contributed by atoms with Gasteiger partial charge in [0, 0.05) is 28.2 Å². The number of nitrogens with one attached hydrogen (secondary N) is 2. The van der Waals surface area contributed by atoms with Crippen LogP contribution in [0, 0.1) is 0 Å². The van der Waals surface area contributed by atoms with Crippen molar-refractivity contribution in [2.45, 2.75) is 37.4 Å². The van der Waals surface area contributed by atoms with Gasteiger partial charge in [-0.15, -0.1) is 0 Å². The Morgan fingerprint density at radius 1 is 1.32 bits per heavy atom. The van der Waals surface area contributed by atoms with E-state index in [2.05, 4.69) is 51.2 Å². The van der Waals surface area contributed by atoms with E-state index in [1.54, 1.807) is 4.52 Å². The number of hydrogen-bond acceptors (Lipinski definition) is 5. The fourth-order valence-electron chi connectivity index (χ4n) is 4.02. The number of para-hydroxylation sites is 1. The SMILES string of the molecule is C=C(C)c1cnn2c(NC3CCc4[nH]c5ccccc5c4C3)nc(SC)nc12. The molecule has 7 heteroatoms. The second-order valence-corrected chi connectivity index (χ2v) is 8.09. The maximum Gasteiger partial charge on any atom is 0.228 e. The molecule has 2 N–H and O–H groups in total. The van der Waals surface area contributed by atoms with E-state index in [9.17, 15) is 0 Å². The van der Waals surface area contributed by atoms with Crippen LogP contribution in [0.3, 0.4) is 0 Å². The lowest BCUT2D eigenvalue weighted by Crippen LogP contribution is -2.29. The standard InChI is InChI=1S/C21H22N6S/c1-12(2)16-11-22-27-19(16)25-21(28-3)26-20(27)23-13-8-9-18-15(10-13)14-6-4-5-7-17(14)24-18/h4-7,11,13,24H,1,8-10H2,2-3H3,(H,23,25,26). The van der Waals surface area contributed by atoms with Gasteiger partial charge < -0.3 is 10.3 Å². The number of aromatic amines is 1. The molecule has 0 saturated carbocycles. The Balaban J connectivity index is 1.51. The fourth-order valence-corrected chi connectivity index (χ4v) is 4.37. The molecule has 28 heavy (non-hydrogen) atoms. The lowest BCUT2D eigenvalue weighted by Gasteiger charge is -2.24. The molecule has 6 nitrogen and oxygen atoms in total. The molecule has 3 aromatic heterocycles. The Morgan fingerprint density at radius 3 is 3.00 bits per heavy atom. The van der Waals surface area contributed by atoms with Gasteiger partial charge in [0.2, 0.25) is 5.95 Å². The highest BCUT2D eigenvalue weighted by Gasteiger charge is 2.24. The first-order valence-electron chi connectivity index (χ1n) is 9.44. The third-order valence-electron chi connectivity index (χ3n) is 5.42. The number of allylic oxidation sites excluding steroid dienone is 1. The Morgan fingerprint density at radius 2 is 2.18 bits per heavy atom. The number of H-pyrrole nitrogens is 1.